The molecule has 1 aromatic heterocycles. The van der Waals surface area contributed by atoms with Gasteiger partial charge in [-0.2, -0.15) is 17.5 Å². The molecule has 2 heterocycles. The minimum absolute atomic E-state index is 0.0172. The third kappa shape index (κ3) is 4.89. The summed E-state index contributed by atoms with van der Waals surface area (Å²) in [6.07, 6.45) is -3.01. The second-order valence-electron chi connectivity index (χ2n) is 10.3. The normalized spacial score (nSPS) is 22.4. The average molecular weight is 567 g/mol. The summed E-state index contributed by atoms with van der Waals surface area (Å²) < 4.78 is 94.0. The molecule has 7 nitrogen and oxygen atoms in total. The number of alkyl halides is 3. The van der Waals surface area contributed by atoms with Crippen molar-refractivity contribution in [1.82, 2.24) is 19.6 Å². The van der Waals surface area contributed by atoms with E-state index < -0.39 is 45.6 Å². The number of hydrogen-bond acceptors (Lipinski definition) is 5. The fourth-order valence-corrected chi connectivity index (χ4v) is 6.98. The van der Waals surface area contributed by atoms with Gasteiger partial charge < -0.3 is 5.32 Å². The van der Waals surface area contributed by atoms with Crippen molar-refractivity contribution >= 4 is 15.9 Å². The number of rotatable bonds is 6. The van der Waals surface area contributed by atoms with Gasteiger partial charge in [0.15, 0.2) is 0 Å². The zero-order chi connectivity index (χ0) is 28.3. The van der Waals surface area contributed by atoms with Crippen LogP contribution in [-0.4, -0.2) is 41.2 Å². The van der Waals surface area contributed by atoms with E-state index in [-0.39, 0.29) is 46.4 Å². The van der Waals surface area contributed by atoms with Crippen molar-refractivity contribution in [3.63, 3.8) is 0 Å². The van der Waals surface area contributed by atoms with Crippen LogP contribution in [0.3, 0.4) is 0 Å². The molecule has 2 aliphatic rings. The monoisotopic (exact) mass is 566 g/mol. The van der Waals surface area contributed by atoms with E-state index in [0.717, 1.165) is 47.0 Å². The lowest BCUT2D eigenvalue weighted by atomic mass is 10.0. The predicted molar refractivity (Wildman–Crippen MR) is 129 cm³/mol. The Kier molecular flexibility index (Phi) is 6.49. The van der Waals surface area contributed by atoms with Crippen molar-refractivity contribution in [1.29, 1.82) is 0 Å². The summed E-state index contributed by atoms with van der Waals surface area (Å²) in [6.45, 7) is 3.97. The Morgan fingerprint density at radius 2 is 1.72 bits per heavy atom. The summed E-state index contributed by atoms with van der Waals surface area (Å²) in [5, 5.41) is 2.72. The Balaban J connectivity index is 1.35. The lowest BCUT2D eigenvalue weighted by Crippen LogP contribution is -2.49. The summed E-state index contributed by atoms with van der Waals surface area (Å²) in [5.74, 6) is -3.45. The highest BCUT2D eigenvalue weighted by atomic mass is 32.2. The van der Waals surface area contributed by atoms with Crippen LogP contribution in [0.2, 0.25) is 0 Å². The van der Waals surface area contributed by atoms with Gasteiger partial charge in [0.1, 0.15) is 17.7 Å². The largest absolute Gasteiger partial charge is 0.451 e. The van der Waals surface area contributed by atoms with Crippen LogP contribution in [-0.2, 0) is 27.5 Å². The first-order valence-electron chi connectivity index (χ1n) is 11.9. The first kappa shape index (κ1) is 27.1. The van der Waals surface area contributed by atoms with Crippen LogP contribution < -0.4 is 5.32 Å². The number of piperidine rings is 1. The first-order chi connectivity index (χ1) is 18.2. The summed E-state index contributed by atoms with van der Waals surface area (Å²) >= 11 is 0. The predicted octanol–water partition coefficient (Wildman–Crippen LogP) is 4.40. The Morgan fingerprint density at radius 3 is 2.33 bits per heavy atom. The van der Waals surface area contributed by atoms with Gasteiger partial charge in [-0.1, -0.05) is 19.9 Å². The van der Waals surface area contributed by atoms with Crippen LogP contribution in [0.5, 0.6) is 0 Å². The highest BCUT2D eigenvalue weighted by Crippen LogP contribution is 2.65. The minimum Gasteiger partial charge on any atom is -0.351 e. The zero-order valence-electron chi connectivity index (χ0n) is 20.7. The number of amides is 1. The molecule has 39 heavy (non-hydrogen) atoms. The molecular formula is C26H23F5N4O3S. The number of hydrogen-bond donors (Lipinski definition) is 1. The highest BCUT2D eigenvalue weighted by Gasteiger charge is 2.70. The van der Waals surface area contributed by atoms with E-state index in [0.29, 0.717) is 5.56 Å². The SMILES string of the molecule is CC1(C)C2CN(S(=O)(=O)c3ccc(F)cc3)C(C(=O)NCc3ccc(F)c(-c4cnc(C(F)(F)F)nc4)c3)C21. The van der Waals surface area contributed by atoms with E-state index in [2.05, 4.69) is 15.3 Å². The molecule has 1 aliphatic carbocycles. The van der Waals surface area contributed by atoms with Crippen molar-refractivity contribution in [3.05, 3.63) is 77.9 Å². The number of benzene rings is 2. The van der Waals surface area contributed by atoms with Gasteiger partial charge in [0.25, 0.3) is 0 Å². The Morgan fingerprint density at radius 1 is 1.08 bits per heavy atom. The van der Waals surface area contributed by atoms with Crippen molar-refractivity contribution in [2.24, 2.45) is 17.3 Å². The zero-order valence-corrected chi connectivity index (χ0v) is 21.5. The fraction of sp³-hybridized carbons (Fsp3) is 0.346. The molecule has 2 aromatic carbocycles. The summed E-state index contributed by atoms with van der Waals surface area (Å²) in [6, 6.07) is 7.24. The first-order valence-corrected chi connectivity index (χ1v) is 13.4. The number of carbonyl (C=O) groups excluding carboxylic acids is 1. The molecule has 206 valence electrons. The van der Waals surface area contributed by atoms with Crippen molar-refractivity contribution < 1.29 is 35.2 Å². The molecule has 13 heteroatoms. The Labute approximate surface area is 221 Å². The molecule has 1 saturated heterocycles. The van der Waals surface area contributed by atoms with Crippen LogP contribution in [0, 0.1) is 28.9 Å². The molecule has 1 amide bonds. The van der Waals surface area contributed by atoms with Gasteiger partial charge >= 0.3 is 6.18 Å². The van der Waals surface area contributed by atoms with E-state index >= 15 is 0 Å². The molecule has 3 aromatic rings. The molecule has 0 spiro atoms. The molecular weight excluding hydrogens is 543 g/mol. The molecule has 0 bridgehead atoms. The van der Waals surface area contributed by atoms with E-state index in [9.17, 15) is 35.2 Å². The third-order valence-electron chi connectivity index (χ3n) is 7.57. The quantitative estimate of drug-likeness (QED) is 0.447. The fourth-order valence-electron chi connectivity index (χ4n) is 5.34. The topological polar surface area (TPSA) is 92.3 Å². The standard InChI is InChI=1S/C26H23F5N4O3S/c1-25(2)19-13-35(39(37,38)17-6-4-16(27)5-7-17)22(21(19)25)23(36)32-10-14-3-8-20(28)18(9-14)15-11-33-24(34-12-15)26(29,30)31/h3-9,11-12,19,21-22H,10,13H2,1-2H3,(H,32,36). The van der Waals surface area contributed by atoms with Crippen molar-refractivity contribution in [3.8, 4) is 11.1 Å². The molecule has 3 atom stereocenters. The number of aromatic nitrogens is 2. The number of carbonyl (C=O) groups is 1. The Bertz CT molecular complexity index is 1530. The molecule has 5 rings (SSSR count). The molecule has 1 aliphatic heterocycles. The van der Waals surface area contributed by atoms with Gasteiger partial charge in [-0.05, 0) is 59.2 Å². The number of halogens is 5. The van der Waals surface area contributed by atoms with E-state index in [1.807, 2.05) is 13.8 Å². The van der Waals surface area contributed by atoms with Gasteiger partial charge in [0.2, 0.25) is 21.8 Å². The van der Waals surface area contributed by atoms with Crippen LogP contribution in [0.4, 0.5) is 22.0 Å². The smallest absolute Gasteiger partial charge is 0.351 e. The van der Waals surface area contributed by atoms with Crippen LogP contribution in [0.15, 0.2) is 59.8 Å². The molecule has 1 N–H and O–H groups in total. The number of fused-ring (bicyclic) bond motifs is 1. The van der Waals surface area contributed by atoms with Crippen LogP contribution in [0.25, 0.3) is 11.1 Å². The number of sulfonamides is 1. The average Bonchev–Trinajstić information content (AvgIpc) is 3.20. The molecule has 3 unspecified atom stereocenters. The maximum atomic E-state index is 14.5. The third-order valence-corrected chi connectivity index (χ3v) is 9.43. The second-order valence-corrected chi connectivity index (χ2v) is 12.1. The van der Waals surface area contributed by atoms with Gasteiger partial charge in [-0.3, -0.25) is 4.79 Å². The van der Waals surface area contributed by atoms with E-state index in [1.165, 1.54) is 12.1 Å². The highest BCUT2D eigenvalue weighted by molar-refractivity contribution is 7.89. The number of nitrogens with zero attached hydrogens (tertiary/aromatic N) is 3. The van der Waals surface area contributed by atoms with E-state index in [1.54, 1.807) is 0 Å². The molecule has 2 fully saturated rings. The lowest BCUT2D eigenvalue weighted by Gasteiger charge is -2.29. The number of nitrogens with one attached hydrogen (secondary N) is 1. The maximum Gasteiger partial charge on any atom is 0.451 e. The summed E-state index contributed by atoms with van der Waals surface area (Å²) in [5.41, 5.74) is 0.142. The van der Waals surface area contributed by atoms with Gasteiger partial charge in [0.05, 0.1) is 4.90 Å². The molecule has 1 saturated carbocycles. The minimum atomic E-state index is -4.74. The lowest BCUT2D eigenvalue weighted by molar-refractivity contribution is -0.145. The maximum absolute atomic E-state index is 14.5. The molecule has 0 radical (unpaired) electrons. The summed E-state index contributed by atoms with van der Waals surface area (Å²) in [7, 11) is -4.09. The van der Waals surface area contributed by atoms with Crippen molar-refractivity contribution in [2.75, 3.05) is 6.54 Å². The van der Waals surface area contributed by atoms with Crippen LogP contribution >= 0.6 is 0 Å². The second kappa shape index (κ2) is 9.33. The van der Waals surface area contributed by atoms with E-state index in [4.69, 9.17) is 0 Å². The summed E-state index contributed by atoms with van der Waals surface area (Å²) in [4.78, 5) is 19.8. The van der Waals surface area contributed by atoms with Crippen LogP contribution in [0.1, 0.15) is 25.2 Å². The van der Waals surface area contributed by atoms with Gasteiger partial charge in [0, 0.05) is 36.6 Å². The van der Waals surface area contributed by atoms with Crippen molar-refractivity contribution in [2.45, 2.75) is 37.5 Å². The van der Waals surface area contributed by atoms with Gasteiger partial charge in [-0.15, -0.1) is 0 Å². The Hall–Kier alpha value is -3.45. The van der Waals surface area contributed by atoms with Gasteiger partial charge in [-0.25, -0.2) is 27.2 Å².